The van der Waals surface area contributed by atoms with Crippen molar-refractivity contribution in [2.45, 2.75) is 12.8 Å². The van der Waals surface area contributed by atoms with Crippen LogP contribution in [0.25, 0.3) is 31.9 Å². The first-order valence-corrected chi connectivity index (χ1v) is 9.34. The molecule has 0 fully saturated rings. The minimum Gasteiger partial charge on any atom is -0.172 e. The highest BCUT2D eigenvalue weighted by molar-refractivity contribution is 7.14. The molecule has 0 spiro atoms. The molecule has 0 atom stereocenters. The minimum atomic E-state index is 1.07. The molecule has 0 radical (unpaired) electrons. The zero-order chi connectivity index (χ0) is 13.6. The van der Waals surface area contributed by atoms with Crippen molar-refractivity contribution in [3.05, 3.63) is 45.1 Å². The maximum atomic E-state index is 4.65. The molecule has 0 saturated carbocycles. The standard InChI is InChI=1S/C16H8N2S3/c1-3-19-15-7(1)5-9-10-6-8-2-4-20-16(8)12(10)14-13(11(9)15)17-21-18-14/h1-4H,5-6H2. The van der Waals surface area contributed by atoms with Gasteiger partial charge in [-0.3, -0.25) is 0 Å². The highest BCUT2D eigenvalue weighted by atomic mass is 32.1. The summed E-state index contributed by atoms with van der Waals surface area (Å²) in [6, 6.07) is 4.53. The van der Waals surface area contributed by atoms with E-state index in [2.05, 4.69) is 31.6 Å². The normalized spacial score (nSPS) is 14.3. The molecular formula is C16H8N2S3. The van der Waals surface area contributed by atoms with Crippen LogP contribution in [0.3, 0.4) is 0 Å². The van der Waals surface area contributed by atoms with Crippen LogP contribution in [-0.2, 0) is 12.8 Å². The van der Waals surface area contributed by atoms with Crippen LogP contribution in [0.15, 0.2) is 22.9 Å². The predicted molar refractivity (Wildman–Crippen MR) is 89.7 cm³/mol. The van der Waals surface area contributed by atoms with Crippen molar-refractivity contribution >= 4 is 45.4 Å². The lowest BCUT2D eigenvalue weighted by atomic mass is 9.96. The summed E-state index contributed by atoms with van der Waals surface area (Å²) in [4.78, 5) is 2.83. The number of benzene rings is 1. The van der Waals surface area contributed by atoms with Gasteiger partial charge in [-0.15, -0.1) is 22.7 Å². The zero-order valence-electron chi connectivity index (χ0n) is 10.8. The van der Waals surface area contributed by atoms with E-state index in [0.717, 1.165) is 23.9 Å². The van der Waals surface area contributed by atoms with E-state index in [1.165, 1.54) is 54.9 Å². The fourth-order valence-corrected chi connectivity index (χ4v) is 6.31. The summed E-state index contributed by atoms with van der Waals surface area (Å²) in [7, 11) is 0. The van der Waals surface area contributed by atoms with E-state index in [1.54, 1.807) is 0 Å². The highest BCUT2D eigenvalue weighted by Crippen LogP contribution is 2.53. The third kappa shape index (κ3) is 1.20. The molecule has 6 rings (SSSR count). The number of nitrogens with zero attached hydrogens (tertiary/aromatic N) is 2. The largest absolute Gasteiger partial charge is 0.172 e. The molecule has 2 nitrogen and oxygen atoms in total. The fraction of sp³-hybridized carbons (Fsp3) is 0.125. The second-order valence-electron chi connectivity index (χ2n) is 5.57. The van der Waals surface area contributed by atoms with Crippen LogP contribution < -0.4 is 0 Å². The molecule has 2 aliphatic rings. The molecule has 0 N–H and O–H groups in total. The van der Waals surface area contributed by atoms with E-state index in [4.69, 9.17) is 0 Å². The topological polar surface area (TPSA) is 25.8 Å². The van der Waals surface area contributed by atoms with Crippen LogP contribution in [-0.4, -0.2) is 8.75 Å². The van der Waals surface area contributed by atoms with Gasteiger partial charge in [-0.05, 0) is 58.0 Å². The fourth-order valence-electron chi connectivity index (χ4n) is 3.75. The number of aromatic nitrogens is 2. The van der Waals surface area contributed by atoms with Crippen molar-refractivity contribution in [3.63, 3.8) is 0 Å². The van der Waals surface area contributed by atoms with Gasteiger partial charge < -0.3 is 0 Å². The molecule has 0 unspecified atom stereocenters. The van der Waals surface area contributed by atoms with Gasteiger partial charge in [-0.25, -0.2) is 0 Å². The molecule has 5 heteroatoms. The van der Waals surface area contributed by atoms with Gasteiger partial charge >= 0.3 is 0 Å². The molecule has 1 aromatic carbocycles. The molecule has 3 heterocycles. The lowest BCUT2D eigenvalue weighted by Gasteiger charge is -2.09. The Morgan fingerprint density at radius 2 is 1.29 bits per heavy atom. The van der Waals surface area contributed by atoms with Crippen molar-refractivity contribution < 1.29 is 0 Å². The van der Waals surface area contributed by atoms with Crippen molar-refractivity contribution in [1.82, 2.24) is 8.75 Å². The zero-order valence-corrected chi connectivity index (χ0v) is 13.3. The second kappa shape index (κ2) is 3.61. The Kier molecular flexibility index (Phi) is 1.90. The second-order valence-corrected chi connectivity index (χ2v) is 7.93. The Morgan fingerprint density at radius 1 is 0.762 bits per heavy atom. The van der Waals surface area contributed by atoms with Gasteiger partial charge in [0.05, 0.1) is 11.7 Å². The first-order chi connectivity index (χ1) is 10.4. The number of rotatable bonds is 0. The quantitative estimate of drug-likeness (QED) is 0.395. The Balaban J connectivity index is 1.84. The SMILES string of the molecule is c1cc2c(s1)-c1c(c3c(c4nsnc14)-c1sccc1C3)C2. The lowest BCUT2D eigenvalue weighted by molar-refractivity contribution is 1.17. The molecule has 100 valence electrons. The minimum absolute atomic E-state index is 1.07. The predicted octanol–water partition coefficient (Wildman–Crippen LogP) is 4.96. The first kappa shape index (κ1) is 11.1. The summed E-state index contributed by atoms with van der Waals surface area (Å²) < 4.78 is 9.29. The molecule has 4 aromatic rings. The van der Waals surface area contributed by atoms with Gasteiger partial charge in [0.15, 0.2) is 0 Å². The van der Waals surface area contributed by atoms with E-state index in [-0.39, 0.29) is 0 Å². The maximum Gasteiger partial charge on any atom is 0.114 e. The summed E-state index contributed by atoms with van der Waals surface area (Å²) >= 11 is 5.04. The Hall–Kier alpha value is -1.56. The Labute approximate surface area is 133 Å². The smallest absolute Gasteiger partial charge is 0.114 e. The molecule has 3 aromatic heterocycles. The van der Waals surface area contributed by atoms with Gasteiger partial charge in [-0.2, -0.15) is 8.75 Å². The Morgan fingerprint density at radius 3 is 1.81 bits per heavy atom. The van der Waals surface area contributed by atoms with E-state index >= 15 is 0 Å². The van der Waals surface area contributed by atoms with Gasteiger partial charge in [-0.1, -0.05) is 0 Å². The average molecular weight is 324 g/mol. The number of hydrogen-bond donors (Lipinski definition) is 0. The summed E-state index contributed by atoms with van der Waals surface area (Å²) in [5.41, 5.74) is 10.9. The maximum absolute atomic E-state index is 4.65. The molecule has 0 saturated heterocycles. The van der Waals surface area contributed by atoms with Crippen LogP contribution in [0.5, 0.6) is 0 Å². The van der Waals surface area contributed by atoms with Gasteiger partial charge in [0.2, 0.25) is 0 Å². The molecular weight excluding hydrogens is 316 g/mol. The van der Waals surface area contributed by atoms with Crippen LogP contribution in [0.4, 0.5) is 0 Å². The molecule has 0 bridgehead atoms. The number of thiophene rings is 2. The third-order valence-corrected chi connectivity index (χ3v) is 7.09. The number of hydrogen-bond acceptors (Lipinski definition) is 5. The average Bonchev–Trinajstić information content (AvgIpc) is 3.22. The van der Waals surface area contributed by atoms with Crippen molar-refractivity contribution in [3.8, 4) is 20.9 Å². The van der Waals surface area contributed by atoms with Crippen molar-refractivity contribution in [1.29, 1.82) is 0 Å². The van der Waals surface area contributed by atoms with Gasteiger partial charge in [0, 0.05) is 20.9 Å². The molecule has 0 aliphatic heterocycles. The summed E-state index contributed by atoms with van der Waals surface area (Å²) in [6.45, 7) is 0. The Bertz CT molecular complexity index is 969. The molecule has 2 aliphatic carbocycles. The van der Waals surface area contributed by atoms with Gasteiger partial charge in [0.25, 0.3) is 0 Å². The van der Waals surface area contributed by atoms with Crippen LogP contribution in [0, 0.1) is 0 Å². The summed E-state index contributed by atoms with van der Waals surface area (Å²) in [6.07, 6.45) is 2.14. The van der Waals surface area contributed by atoms with Gasteiger partial charge in [0.1, 0.15) is 11.0 Å². The first-order valence-electron chi connectivity index (χ1n) is 6.85. The van der Waals surface area contributed by atoms with E-state index in [9.17, 15) is 0 Å². The monoisotopic (exact) mass is 324 g/mol. The van der Waals surface area contributed by atoms with Crippen molar-refractivity contribution in [2.24, 2.45) is 0 Å². The van der Waals surface area contributed by atoms with E-state index in [0.29, 0.717) is 0 Å². The summed E-state index contributed by atoms with van der Waals surface area (Å²) in [5, 5.41) is 4.40. The molecule has 21 heavy (non-hydrogen) atoms. The van der Waals surface area contributed by atoms with Crippen LogP contribution in [0.1, 0.15) is 22.3 Å². The van der Waals surface area contributed by atoms with E-state index < -0.39 is 0 Å². The molecule has 0 amide bonds. The van der Waals surface area contributed by atoms with Crippen LogP contribution in [0.2, 0.25) is 0 Å². The van der Waals surface area contributed by atoms with Crippen molar-refractivity contribution in [2.75, 3.05) is 0 Å². The third-order valence-electron chi connectivity index (χ3n) is 4.61. The van der Waals surface area contributed by atoms with Crippen LogP contribution >= 0.6 is 34.4 Å². The van der Waals surface area contributed by atoms with E-state index in [1.807, 2.05) is 22.7 Å². The lowest BCUT2D eigenvalue weighted by Crippen LogP contribution is -1.93. The summed E-state index contributed by atoms with van der Waals surface area (Å²) in [5.74, 6) is 0. The highest BCUT2D eigenvalue weighted by Gasteiger charge is 2.34. The number of fused-ring (bicyclic) bond motifs is 10.